The Morgan fingerprint density at radius 2 is 1.95 bits per heavy atom. The maximum absolute atomic E-state index is 12.9. The summed E-state index contributed by atoms with van der Waals surface area (Å²) in [5, 5.41) is 3.09. The number of hydrogen-bond acceptors (Lipinski definition) is 2. The second-order valence-electron chi connectivity index (χ2n) is 5.10. The summed E-state index contributed by atoms with van der Waals surface area (Å²) in [5.41, 5.74) is 2.02. The molecule has 0 fully saturated rings. The largest absolute Gasteiger partial charge is 0.349 e. The molecule has 2 aromatic rings. The monoisotopic (exact) mass is 301 g/mol. The van der Waals surface area contributed by atoms with Crippen molar-refractivity contribution in [2.45, 2.75) is 23.8 Å². The van der Waals surface area contributed by atoms with Crippen LogP contribution in [0.3, 0.4) is 0 Å². The number of carbonyl (C=O) groups is 1. The molecule has 0 saturated carbocycles. The Labute approximate surface area is 127 Å². The van der Waals surface area contributed by atoms with Crippen molar-refractivity contribution in [3.63, 3.8) is 0 Å². The fourth-order valence-corrected chi connectivity index (χ4v) is 3.65. The summed E-state index contributed by atoms with van der Waals surface area (Å²) in [6.07, 6.45) is 1.23. The Bertz CT molecular complexity index is 641. The second kappa shape index (κ2) is 6.31. The minimum absolute atomic E-state index is 0.0201. The third-order valence-electron chi connectivity index (χ3n) is 3.57. The Morgan fingerprint density at radius 1 is 1.19 bits per heavy atom. The van der Waals surface area contributed by atoms with Crippen molar-refractivity contribution in [1.29, 1.82) is 0 Å². The molecule has 0 spiro atoms. The molecule has 0 saturated heterocycles. The quantitative estimate of drug-likeness (QED) is 0.936. The minimum Gasteiger partial charge on any atom is -0.349 e. The molecule has 3 rings (SSSR count). The van der Waals surface area contributed by atoms with Crippen LogP contribution in [0.1, 0.15) is 23.6 Å². The molecule has 1 unspecified atom stereocenters. The zero-order valence-corrected chi connectivity index (χ0v) is 12.3. The number of nitrogens with one attached hydrogen (secondary N) is 1. The van der Waals surface area contributed by atoms with Gasteiger partial charge in [0, 0.05) is 10.6 Å². The lowest BCUT2D eigenvalue weighted by Gasteiger charge is -2.25. The van der Waals surface area contributed by atoms with Gasteiger partial charge in [-0.15, -0.1) is 11.8 Å². The zero-order chi connectivity index (χ0) is 14.7. The highest BCUT2D eigenvalue weighted by Crippen LogP contribution is 2.35. The first kappa shape index (κ1) is 14.1. The molecule has 0 bridgehead atoms. The SMILES string of the molecule is O=C(Cc1ccc(F)cc1)NC1CCSc2ccccc21. The van der Waals surface area contributed by atoms with Crippen LogP contribution < -0.4 is 5.32 Å². The number of benzene rings is 2. The molecule has 1 heterocycles. The number of fused-ring (bicyclic) bond motifs is 1. The first-order valence-corrected chi connectivity index (χ1v) is 7.96. The number of thioether (sulfide) groups is 1. The van der Waals surface area contributed by atoms with Crippen LogP contribution in [0.5, 0.6) is 0 Å². The van der Waals surface area contributed by atoms with Crippen molar-refractivity contribution in [2.75, 3.05) is 5.75 Å². The molecule has 1 aliphatic heterocycles. The first-order valence-electron chi connectivity index (χ1n) is 6.98. The Hall–Kier alpha value is -1.81. The Balaban J connectivity index is 1.67. The fourth-order valence-electron chi connectivity index (χ4n) is 2.53. The van der Waals surface area contributed by atoms with E-state index in [4.69, 9.17) is 0 Å². The van der Waals surface area contributed by atoms with Crippen LogP contribution >= 0.6 is 11.8 Å². The van der Waals surface area contributed by atoms with Crippen LogP contribution in [0, 0.1) is 5.82 Å². The van der Waals surface area contributed by atoms with Gasteiger partial charge >= 0.3 is 0 Å². The third-order valence-corrected chi connectivity index (χ3v) is 4.69. The van der Waals surface area contributed by atoms with Crippen LogP contribution in [-0.2, 0) is 11.2 Å². The third kappa shape index (κ3) is 3.45. The molecule has 0 aromatic heterocycles. The smallest absolute Gasteiger partial charge is 0.224 e. The molecule has 21 heavy (non-hydrogen) atoms. The van der Waals surface area contributed by atoms with Crippen LogP contribution in [0.2, 0.25) is 0 Å². The van der Waals surface area contributed by atoms with Crippen molar-refractivity contribution in [1.82, 2.24) is 5.32 Å². The summed E-state index contributed by atoms with van der Waals surface area (Å²) < 4.78 is 12.9. The lowest BCUT2D eigenvalue weighted by atomic mass is 10.0. The van der Waals surface area contributed by atoms with Crippen molar-refractivity contribution >= 4 is 17.7 Å². The van der Waals surface area contributed by atoms with Crippen LogP contribution in [0.4, 0.5) is 4.39 Å². The van der Waals surface area contributed by atoms with E-state index < -0.39 is 0 Å². The number of hydrogen-bond donors (Lipinski definition) is 1. The number of rotatable bonds is 3. The summed E-state index contributed by atoms with van der Waals surface area (Å²) in [6, 6.07) is 14.3. The molecule has 1 atom stereocenters. The van der Waals surface area contributed by atoms with Gasteiger partial charge < -0.3 is 5.32 Å². The summed E-state index contributed by atoms with van der Waals surface area (Å²) in [7, 11) is 0. The van der Waals surface area contributed by atoms with Gasteiger partial charge in [-0.1, -0.05) is 30.3 Å². The van der Waals surface area contributed by atoms with Gasteiger partial charge in [0.15, 0.2) is 0 Å². The molecular weight excluding hydrogens is 285 g/mol. The van der Waals surface area contributed by atoms with Crippen LogP contribution in [0.25, 0.3) is 0 Å². The number of carbonyl (C=O) groups excluding carboxylic acids is 1. The maximum Gasteiger partial charge on any atom is 0.224 e. The van der Waals surface area contributed by atoms with Gasteiger partial charge in [-0.25, -0.2) is 4.39 Å². The zero-order valence-electron chi connectivity index (χ0n) is 11.5. The predicted octanol–water partition coefficient (Wildman–Crippen LogP) is 3.72. The van der Waals surface area contributed by atoms with Gasteiger partial charge in [0.25, 0.3) is 0 Å². The first-order chi connectivity index (χ1) is 10.2. The number of amides is 1. The van der Waals surface area contributed by atoms with E-state index in [-0.39, 0.29) is 24.2 Å². The lowest BCUT2D eigenvalue weighted by Crippen LogP contribution is -2.31. The molecule has 1 aliphatic rings. The van der Waals surface area contributed by atoms with E-state index in [9.17, 15) is 9.18 Å². The van der Waals surface area contributed by atoms with E-state index in [1.807, 2.05) is 23.9 Å². The highest BCUT2D eigenvalue weighted by atomic mass is 32.2. The average molecular weight is 301 g/mol. The molecule has 2 aromatic carbocycles. The predicted molar refractivity (Wildman–Crippen MR) is 82.8 cm³/mol. The van der Waals surface area contributed by atoms with E-state index in [1.54, 1.807) is 12.1 Å². The highest BCUT2D eigenvalue weighted by Gasteiger charge is 2.21. The molecule has 1 N–H and O–H groups in total. The van der Waals surface area contributed by atoms with E-state index in [1.165, 1.54) is 22.6 Å². The molecule has 2 nitrogen and oxygen atoms in total. The molecule has 108 valence electrons. The van der Waals surface area contributed by atoms with Crippen molar-refractivity contribution in [3.05, 3.63) is 65.5 Å². The Kier molecular flexibility index (Phi) is 4.25. The van der Waals surface area contributed by atoms with Gasteiger partial charge in [0.2, 0.25) is 5.91 Å². The van der Waals surface area contributed by atoms with Crippen LogP contribution in [-0.4, -0.2) is 11.7 Å². The van der Waals surface area contributed by atoms with Crippen molar-refractivity contribution < 1.29 is 9.18 Å². The van der Waals surface area contributed by atoms with E-state index >= 15 is 0 Å². The highest BCUT2D eigenvalue weighted by molar-refractivity contribution is 7.99. The van der Waals surface area contributed by atoms with Crippen LogP contribution in [0.15, 0.2) is 53.4 Å². The molecule has 4 heteroatoms. The van der Waals surface area contributed by atoms with E-state index in [0.717, 1.165) is 17.7 Å². The summed E-state index contributed by atoms with van der Waals surface area (Å²) in [4.78, 5) is 13.4. The molecule has 0 aliphatic carbocycles. The summed E-state index contributed by atoms with van der Waals surface area (Å²) in [6.45, 7) is 0. The minimum atomic E-state index is -0.280. The maximum atomic E-state index is 12.9. The van der Waals surface area contributed by atoms with Crippen molar-refractivity contribution in [3.8, 4) is 0 Å². The topological polar surface area (TPSA) is 29.1 Å². The second-order valence-corrected chi connectivity index (χ2v) is 6.24. The summed E-state index contributed by atoms with van der Waals surface area (Å²) >= 11 is 1.83. The molecular formula is C17H16FNOS. The Morgan fingerprint density at radius 3 is 2.76 bits per heavy atom. The van der Waals surface area contributed by atoms with Crippen molar-refractivity contribution in [2.24, 2.45) is 0 Å². The van der Waals surface area contributed by atoms with Gasteiger partial charge in [0.1, 0.15) is 5.82 Å². The summed E-state index contributed by atoms with van der Waals surface area (Å²) in [5.74, 6) is 0.712. The molecule has 1 amide bonds. The normalized spacial score (nSPS) is 17.1. The standard InChI is InChI=1S/C17H16FNOS/c18-13-7-5-12(6-8-13)11-17(20)19-15-9-10-21-16-4-2-1-3-14(15)16/h1-8,15H,9-11H2,(H,19,20). The van der Waals surface area contributed by atoms with Gasteiger partial charge in [-0.3, -0.25) is 4.79 Å². The van der Waals surface area contributed by atoms with E-state index in [2.05, 4.69) is 17.4 Å². The number of halogens is 1. The van der Waals surface area contributed by atoms with Gasteiger partial charge in [-0.05, 0) is 35.7 Å². The van der Waals surface area contributed by atoms with Gasteiger partial charge in [-0.2, -0.15) is 0 Å². The molecule has 0 radical (unpaired) electrons. The fraction of sp³-hybridized carbons (Fsp3) is 0.235. The lowest BCUT2D eigenvalue weighted by molar-refractivity contribution is -0.121. The average Bonchev–Trinajstić information content (AvgIpc) is 2.50. The van der Waals surface area contributed by atoms with Gasteiger partial charge in [0.05, 0.1) is 12.5 Å². The van der Waals surface area contributed by atoms with E-state index in [0.29, 0.717) is 0 Å².